The quantitative estimate of drug-likeness (QED) is 0.621. The molecule has 0 aromatic heterocycles. The van der Waals surface area contributed by atoms with Crippen LogP contribution in [-0.4, -0.2) is 42.9 Å². The van der Waals surface area contributed by atoms with E-state index < -0.39 is 35.8 Å². The minimum atomic E-state index is -0.870. The number of benzene rings is 1. The Morgan fingerprint density at radius 2 is 1.63 bits per heavy atom. The highest BCUT2D eigenvalue weighted by Crippen LogP contribution is 2.07. The van der Waals surface area contributed by atoms with E-state index in [4.69, 9.17) is 9.47 Å². The molecule has 0 saturated carbocycles. The molecular formula is C20H31NO6. The molecule has 1 aromatic rings. The Morgan fingerprint density at radius 3 is 2.04 bits per heavy atom. The maximum atomic E-state index is 11.7. The van der Waals surface area contributed by atoms with Crippen molar-refractivity contribution < 1.29 is 28.6 Å². The second kappa shape index (κ2) is 11.9. The molecule has 0 radical (unpaired) electrons. The number of esters is 2. The van der Waals surface area contributed by atoms with E-state index in [1.807, 2.05) is 18.2 Å². The van der Waals surface area contributed by atoms with Gasteiger partial charge in [-0.25, -0.2) is 9.59 Å². The van der Waals surface area contributed by atoms with Crippen molar-refractivity contribution in [3.8, 4) is 0 Å². The first-order chi connectivity index (χ1) is 12.4. The van der Waals surface area contributed by atoms with Crippen LogP contribution >= 0.6 is 0 Å². The Morgan fingerprint density at radius 1 is 1.07 bits per heavy atom. The lowest BCUT2D eigenvalue weighted by Crippen LogP contribution is -2.43. The summed E-state index contributed by atoms with van der Waals surface area (Å²) in [6.45, 7) is 10.3. The summed E-state index contributed by atoms with van der Waals surface area (Å²) in [5.41, 5.74) is 0.675. The summed E-state index contributed by atoms with van der Waals surface area (Å²) >= 11 is 0. The van der Waals surface area contributed by atoms with Crippen molar-refractivity contribution in [1.82, 2.24) is 5.32 Å². The first kappa shape index (κ1) is 24.4. The van der Waals surface area contributed by atoms with Crippen LogP contribution in [0.1, 0.15) is 46.6 Å². The van der Waals surface area contributed by atoms with Crippen LogP contribution in [0.2, 0.25) is 0 Å². The largest absolute Gasteiger partial charge is 0.469 e. The molecule has 1 amide bonds. The van der Waals surface area contributed by atoms with Crippen molar-refractivity contribution in [2.24, 2.45) is 0 Å². The maximum Gasteiger partial charge on any atom is 0.408 e. The van der Waals surface area contributed by atoms with Crippen LogP contribution in [0.5, 0.6) is 0 Å². The predicted octanol–water partition coefficient (Wildman–Crippen LogP) is 3.39. The third-order valence-corrected chi connectivity index (χ3v) is 3.03. The predicted molar refractivity (Wildman–Crippen MR) is 102 cm³/mol. The Balaban J connectivity index is 0.000000797. The number of carbonyl (C=O) groups is 3. The zero-order valence-corrected chi connectivity index (χ0v) is 17.2. The molecule has 0 unspecified atom stereocenters. The van der Waals surface area contributed by atoms with E-state index in [1.165, 1.54) is 19.6 Å². The van der Waals surface area contributed by atoms with Crippen molar-refractivity contribution >= 4 is 18.0 Å². The van der Waals surface area contributed by atoms with E-state index in [-0.39, 0.29) is 6.42 Å². The fraction of sp³-hybridized carbons (Fsp3) is 0.550. The third-order valence-electron chi connectivity index (χ3n) is 3.03. The summed E-state index contributed by atoms with van der Waals surface area (Å²) in [6, 6.07) is 9.39. The molecule has 152 valence electrons. The molecule has 7 heteroatoms. The lowest BCUT2D eigenvalue weighted by molar-refractivity contribution is -0.154. The van der Waals surface area contributed by atoms with Gasteiger partial charge in [0.05, 0.1) is 13.5 Å². The van der Waals surface area contributed by atoms with E-state index >= 15 is 0 Å². The molecule has 0 fully saturated rings. The van der Waals surface area contributed by atoms with E-state index in [0.29, 0.717) is 0 Å². The molecule has 0 aliphatic rings. The Hall–Kier alpha value is -2.57. The molecule has 0 saturated heterocycles. The number of hydrogen-bond acceptors (Lipinski definition) is 6. The fourth-order valence-electron chi connectivity index (χ4n) is 1.74. The summed E-state index contributed by atoms with van der Waals surface area (Å²) in [5, 5.41) is 2.36. The summed E-state index contributed by atoms with van der Waals surface area (Å²) in [7, 11) is 1.25. The molecular weight excluding hydrogens is 350 g/mol. The molecule has 1 aromatic carbocycles. The van der Waals surface area contributed by atoms with E-state index in [0.717, 1.165) is 0 Å². The van der Waals surface area contributed by atoms with E-state index in [9.17, 15) is 14.4 Å². The van der Waals surface area contributed by atoms with Crippen LogP contribution in [0, 0.1) is 6.92 Å². The zero-order valence-electron chi connectivity index (χ0n) is 17.2. The summed E-state index contributed by atoms with van der Waals surface area (Å²) in [5.74, 6) is -1.12. The second-order valence-corrected chi connectivity index (χ2v) is 7.05. The van der Waals surface area contributed by atoms with Gasteiger partial charge < -0.3 is 19.5 Å². The molecule has 0 aliphatic carbocycles. The van der Waals surface area contributed by atoms with Gasteiger partial charge in [-0.15, -0.1) is 0 Å². The van der Waals surface area contributed by atoms with E-state index in [1.54, 1.807) is 27.7 Å². The average Bonchev–Trinajstić information content (AvgIpc) is 2.53. The molecule has 0 heterocycles. The molecule has 0 spiro atoms. The molecule has 1 rings (SSSR count). The fourth-order valence-corrected chi connectivity index (χ4v) is 1.74. The minimum absolute atomic E-state index is 0.0403. The van der Waals surface area contributed by atoms with Crippen LogP contribution in [0.3, 0.4) is 0 Å². The molecule has 7 nitrogen and oxygen atoms in total. The van der Waals surface area contributed by atoms with E-state index in [2.05, 4.69) is 29.1 Å². The number of nitrogens with one attached hydrogen (secondary N) is 1. The van der Waals surface area contributed by atoms with Crippen LogP contribution in [-0.2, 0) is 23.8 Å². The standard InChI is InChI=1S/C13H23NO6.C7H8/c1-8(7-10(15)18-6)19-11(16)9(2)14-12(17)20-13(3,4)5;1-7-5-3-2-4-6-7/h8-9H,7H2,1-6H3,(H,14,17);2-6H,1H3/t8-,9-;/m0./s1. The van der Waals surface area contributed by atoms with Gasteiger partial charge in [-0.2, -0.15) is 0 Å². The summed E-state index contributed by atoms with van der Waals surface area (Å²) in [6.07, 6.45) is -1.37. The van der Waals surface area contributed by atoms with Gasteiger partial charge in [0.2, 0.25) is 0 Å². The van der Waals surface area contributed by atoms with Crippen LogP contribution in [0.15, 0.2) is 30.3 Å². The molecule has 2 atom stereocenters. The Bertz CT molecular complexity index is 594. The number of carbonyl (C=O) groups excluding carboxylic acids is 3. The first-order valence-electron chi connectivity index (χ1n) is 8.73. The third kappa shape index (κ3) is 13.3. The number of alkyl carbamates (subject to hydrolysis) is 1. The smallest absolute Gasteiger partial charge is 0.408 e. The monoisotopic (exact) mass is 381 g/mol. The zero-order chi connectivity index (χ0) is 21.0. The van der Waals surface area contributed by atoms with Crippen molar-refractivity contribution in [3.05, 3.63) is 35.9 Å². The number of aryl methyl sites for hydroxylation is 1. The van der Waals surface area contributed by atoms with Gasteiger partial charge in [0.25, 0.3) is 0 Å². The van der Waals surface area contributed by atoms with Crippen molar-refractivity contribution in [2.75, 3.05) is 7.11 Å². The topological polar surface area (TPSA) is 90.9 Å². The van der Waals surface area contributed by atoms with Gasteiger partial charge in [0.15, 0.2) is 0 Å². The maximum absolute atomic E-state index is 11.7. The van der Waals surface area contributed by atoms with Gasteiger partial charge >= 0.3 is 18.0 Å². The molecule has 27 heavy (non-hydrogen) atoms. The summed E-state index contributed by atoms with van der Waals surface area (Å²) in [4.78, 5) is 34.2. The SMILES string of the molecule is COC(=O)C[C@H](C)OC(=O)[C@H](C)NC(=O)OC(C)(C)C.Cc1ccccc1. The number of amides is 1. The highest BCUT2D eigenvalue weighted by Gasteiger charge is 2.23. The number of rotatable bonds is 5. The van der Waals surface area contributed by atoms with Gasteiger partial charge in [-0.3, -0.25) is 4.79 Å². The first-order valence-corrected chi connectivity index (χ1v) is 8.73. The molecule has 1 N–H and O–H groups in total. The normalized spacial score (nSPS) is 12.6. The van der Waals surface area contributed by atoms with Crippen LogP contribution < -0.4 is 5.32 Å². The number of methoxy groups -OCH3 is 1. The van der Waals surface area contributed by atoms with Gasteiger partial charge in [0.1, 0.15) is 17.7 Å². The Labute approximate surface area is 161 Å². The Kier molecular flexibility index (Phi) is 10.8. The average molecular weight is 381 g/mol. The van der Waals surface area contributed by atoms with Gasteiger partial charge in [-0.05, 0) is 41.5 Å². The van der Waals surface area contributed by atoms with Crippen molar-refractivity contribution in [1.29, 1.82) is 0 Å². The number of ether oxygens (including phenoxy) is 3. The van der Waals surface area contributed by atoms with Gasteiger partial charge in [-0.1, -0.05) is 35.9 Å². The van der Waals surface area contributed by atoms with Crippen molar-refractivity contribution in [2.45, 2.75) is 65.7 Å². The second-order valence-electron chi connectivity index (χ2n) is 7.05. The van der Waals surface area contributed by atoms with Gasteiger partial charge in [0, 0.05) is 0 Å². The summed E-state index contributed by atoms with van der Waals surface area (Å²) < 4.78 is 14.5. The molecule has 0 aliphatic heterocycles. The molecule has 0 bridgehead atoms. The lowest BCUT2D eigenvalue weighted by atomic mass is 10.2. The number of hydrogen-bond donors (Lipinski definition) is 1. The van der Waals surface area contributed by atoms with Crippen LogP contribution in [0.25, 0.3) is 0 Å². The lowest BCUT2D eigenvalue weighted by Gasteiger charge is -2.22. The van der Waals surface area contributed by atoms with Crippen molar-refractivity contribution in [3.63, 3.8) is 0 Å². The highest BCUT2D eigenvalue weighted by atomic mass is 16.6. The highest BCUT2D eigenvalue weighted by molar-refractivity contribution is 5.81. The van der Waals surface area contributed by atoms with Crippen LogP contribution in [0.4, 0.5) is 4.79 Å². The minimum Gasteiger partial charge on any atom is -0.469 e.